The summed E-state index contributed by atoms with van der Waals surface area (Å²) in [5.74, 6) is -0.636. The first-order valence-corrected chi connectivity index (χ1v) is 6.12. The molecule has 4 nitrogen and oxygen atoms in total. The molecule has 90 valence electrons. The van der Waals surface area contributed by atoms with E-state index in [9.17, 15) is 9.59 Å². The van der Waals surface area contributed by atoms with Gasteiger partial charge in [0.05, 0.1) is 12.3 Å². The highest BCUT2D eigenvalue weighted by atomic mass is 16.6. The number of hydrogen-bond donors (Lipinski definition) is 0. The van der Waals surface area contributed by atoms with E-state index in [1.807, 2.05) is 0 Å². The maximum atomic E-state index is 11.4. The summed E-state index contributed by atoms with van der Waals surface area (Å²) >= 11 is 0. The third-order valence-corrected chi connectivity index (χ3v) is 3.37. The Morgan fingerprint density at radius 3 is 2.75 bits per heavy atom. The zero-order valence-corrected chi connectivity index (χ0v) is 9.61. The Balaban J connectivity index is 1.82. The molecule has 0 aromatic rings. The van der Waals surface area contributed by atoms with Gasteiger partial charge in [-0.2, -0.15) is 0 Å². The van der Waals surface area contributed by atoms with Crippen LogP contribution in [0.4, 0.5) is 0 Å². The molecule has 0 unspecified atom stereocenters. The highest BCUT2D eigenvalue weighted by molar-refractivity contribution is 5.85. The van der Waals surface area contributed by atoms with E-state index >= 15 is 0 Å². The van der Waals surface area contributed by atoms with E-state index in [0.29, 0.717) is 6.42 Å². The molecule has 2 aliphatic rings. The lowest BCUT2D eigenvalue weighted by Crippen LogP contribution is -2.20. The second kappa shape index (κ2) is 4.85. The lowest BCUT2D eigenvalue weighted by atomic mass is 9.93. The van der Waals surface area contributed by atoms with Crippen molar-refractivity contribution in [1.82, 2.24) is 0 Å². The van der Waals surface area contributed by atoms with Crippen LogP contribution in [-0.4, -0.2) is 24.1 Å². The quantitative estimate of drug-likeness (QED) is 0.530. The van der Waals surface area contributed by atoms with Crippen molar-refractivity contribution in [2.24, 2.45) is 5.92 Å². The van der Waals surface area contributed by atoms with E-state index in [2.05, 4.69) is 6.92 Å². The summed E-state index contributed by atoms with van der Waals surface area (Å²) in [6, 6.07) is 0. The zero-order valence-electron chi connectivity index (χ0n) is 9.61. The molecule has 0 aromatic heterocycles. The molecular weight excluding hydrogens is 208 g/mol. The summed E-state index contributed by atoms with van der Waals surface area (Å²) in [7, 11) is 0. The maximum Gasteiger partial charge on any atom is 0.348 e. The molecule has 2 heterocycles. The first-order valence-electron chi connectivity index (χ1n) is 6.12. The van der Waals surface area contributed by atoms with Crippen LogP contribution in [0.3, 0.4) is 0 Å². The Kier molecular flexibility index (Phi) is 3.46. The Morgan fingerprint density at radius 2 is 2.00 bits per heavy atom. The van der Waals surface area contributed by atoms with Gasteiger partial charge in [0.25, 0.3) is 0 Å². The van der Waals surface area contributed by atoms with Crippen LogP contribution in [-0.2, 0) is 19.1 Å². The van der Waals surface area contributed by atoms with Gasteiger partial charge in [-0.25, -0.2) is 4.79 Å². The Morgan fingerprint density at radius 1 is 1.19 bits per heavy atom. The molecule has 2 aliphatic heterocycles. The standard InChI is InChI=1S/C12H18O4/c1-2-3-4-5-6-9-8-7-10(13)16-11(8)12(14)15-9/h8-9,11H,2-7H2,1H3/t8-,9-,11-/m0/s1. The van der Waals surface area contributed by atoms with Crippen LogP contribution in [0.15, 0.2) is 0 Å². The predicted octanol–water partition coefficient (Wildman–Crippen LogP) is 1.81. The molecule has 0 saturated carbocycles. The highest BCUT2D eigenvalue weighted by Gasteiger charge is 2.52. The van der Waals surface area contributed by atoms with Crippen LogP contribution in [0.25, 0.3) is 0 Å². The fourth-order valence-electron chi connectivity index (χ4n) is 2.47. The largest absolute Gasteiger partial charge is 0.459 e. The average molecular weight is 226 g/mol. The number of ether oxygens (including phenoxy) is 2. The van der Waals surface area contributed by atoms with Crippen molar-refractivity contribution < 1.29 is 19.1 Å². The minimum absolute atomic E-state index is 0.0263. The SMILES string of the molecule is CCCCCC[C@@H]1OC(=O)[C@H]2OC(=O)C[C@@H]12. The van der Waals surface area contributed by atoms with Gasteiger partial charge in [-0.15, -0.1) is 0 Å². The summed E-state index contributed by atoms with van der Waals surface area (Å²) in [5, 5.41) is 0. The van der Waals surface area contributed by atoms with Gasteiger partial charge in [0.15, 0.2) is 0 Å². The van der Waals surface area contributed by atoms with Crippen molar-refractivity contribution in [3.63, 3.8) is 0 Å². The van der Waals surface area contributed by atoms with Crippen LogP contribution in [0.5, 0.6) is 0 Å². The van der Waals surface area contributed by atoms with E-state index in [1.54, 1.807) is 0 Å². The fourth-order valence-corrected chi connectivity index (χ4v) is 2.47. The van der Waals surface area contributed by atoms with Gasteiger partial charge in [-0.05, 0) is 12.8 Å². The van der Waals surface area contributed by atoms with Gasteiger partial charge >= 0.3 is 11.9 Å². The number of fused-ring (bicyclic) bond motifs is 1. The first kappa shape index (κ1) is 11.4. The number of carbonyl (C=O) groups excluding carboxylic acids is 2. The van der Waals surface area contributed by atoms with Crippen molar-refractivity contribution in [1.29, 1.82) is 0 Å². The van der Waals surface area contributed by atoms with Crippen LogP contribution in [0.1, 0.15) is 45.4 Å². The topological polar surface area (TPSA) is 52.6 Å². The summed E-state index contributed by atoms with van der Waals surface area (Å²) in [6.07, 6.45) is 5.13. The lowest BCUT2D eigenvalue weighted by Gasteiger charge is -2.13. The molecular formula is C12H18O4. The molecule has 3 atom stereocenters. The third-order valence-electron chi connectivity index (χ3n) is 3.37. The molecule has 0 amide bonds. The zero-order chi connectivity index (χ0) is 11.5. The molecule has 0 spiro atoms. The average Bonchev–Trinajstić information content (AvgIpc) is 2.75. The van der Waals surface area contributed by atoms with Gasteiger partial charge in [0.1, 0.15) is 6.10 Å². The van der Waals surface area contributed by atoms with E-state index in [4.69, 9.17) is 9.47 Å². The minimum atomic E-state index is -0.608. The molecule has 0 N–H and O–H groups in total. The minimum Gasteiger partial charge on any atom is -0.459 e. The van der Waals surface area contributed by atoms with Crippen LogP contribution in [0, 0.1) is 5.92 Å². The number of carbonyl (C=O) groups is 2. The van der Waals surface area contributed by atoms with Gasteiger partial charge in [0, 0.05) is 0 Å². The van der Waals surface area contributed by atoms with Gasteiger partial charge < -0.3 is 9.47 Å². The Labute approximate surface area is 95.3 Å². The van der Waals surface area contributed by atoms with Gasteiger partial charge in [-0.1, -0.05) is 26.2 Å². The number of cyclic esters (lactones) is 1. The van der Waals surface area contributed by atoms with Crippen LogP contribution >= 0.6 is 0 Å². The molecule has 2 saturated heterocycles. The molecule has 0 radical (unpaired) electrons. The molecule has 2 rings (SSSR count). The van der Waals surface area contributed by atoms with Crippen molar-refractivity contribution in [2.45, 2.75) is 57.7 Å². The molecule has 16 heavy (non-hydrogen) atoms. The number of esters is 2. The van der Waals surface area contributed by atoms with Crippen LogP contribution < -0.4 is 0 Å². The summed E-state index contributed by atoms with van der Waals surface area (Å²) < 4.78 is 10.2. The van der Waals surface area contributed by atoms with Crippen molar-refractivity contribution in [3.8, 4) is 0 Å². The molecule has 0 aliphatic carbocycles. The second-order valence-corrected chi connectivity index (χ2v) is 4.60. The summed E-state index contributed by atoms with van der Waals surface area (Å²) in [4.78, 5) is 22.5. The summed E-state index contributed by atoms with van der Waals surface area (Å²) in [6.45, 7) is 2.16. The first-order chi connectivity index (χ1) is 7.72. The van der Waals surface area contributed by atoms with Crippen molar-refractivity contribution >= 4 is 11.9 Å². The van der Waals surface area contributed by atoms with E-state index in [1.165, 1.54) is 12.8 Å². The van der Waals surface area contributed by atoms with Gasteiger partial charge in [-0.3, -0.25) is 4.79 Å². The van der Waals surface area contributed by atoms with E-state index in [-0.39, 0.29) is 24.0 Å². The maximum absolute atomic E-state index is 11.4. The fraction of sp³-hybridized carbons (Fsp3) is 0.833. The Hall–Kier alpha value is -1.06. The monoisotopic (exact) mass is 226 g/mol. The number of hydrogen-bond acceptors (Lipinski definition) is 4. The van der Waals surface area contributed by atoms with Crippen molar-refractivity contribution in [3.05, 3.63) is 0 Å². The number of unbranched alkanes of at least 4 members (excludes halogenated alkanes) is 3. The van der Waals surface area contributed by atoms with E-state index in [0.717, 1.165) is 19.3 Å². The Bertz CT molecular complexity index is 287. The molecule has 0 aromatic carbocycles. The van der Waals surface area contributed by atoms with Gasteiger partial charge in [0.2, 0.25) is 6.10 Å². The van der Waals surface area contributed by atoms with E-state index < -0.39 is 6.10 Å². The lowest BCUT2D eigenvalue weighted by molar-refractivity contribution is -0.158. The molecule has 4 heteroatoms. The smallest absolute Gasteiger partial charge is 0.348 e. The molecule has 2 fully saturated rings. The second-order valence-electron chi connectivity index (χ2n) is 4.60. The normalized spacial score (nSPS) is 32.4. The summed E-state index contributed by atoms with van der Waals surface area (Å²) in [5.41, 5.74) is 0. The molecule has 0 bridgehead atoms. The number of rotatable bonds is 5. The third kappa shape index (κ3) is 2.20. The predicted molar refractivity (Wildman–Crippen MR) is 56.6 cm³/mol. The highest BCUT2D eigenvalue weighted by Crippen LogP contribution is 2.36. The van der Waals surface area contributed by atoms with Crippen LogP contribution in [0.2, 0.25) is 0 Å². The van der Waals surface area contributed by atoms with Crippen molar-refractivity contribution in [2.75, 3.05) is 0 Å².